The summed E-state index contributed by atoms with van der Waals surface area (Å²) in [5.74, 6) is -0.000440. The van der Waals surface area contributed by atoms with Crippen LogP contribution in [0.3, 0.4) is 0 Å². The van der Waals surface area contributed by atoms with Crippen LogP contribution >= 0.6 is 11.6 Å². The average Bonchev–Trinajstić information content (AvgIpc) is 2.58. The summed E-state index contributed by atoms with van der Waals surface area (Å²) in [5, 5.41) is 14.4. The van der Waals surface area contributed by atoms with E-state index in [9.17, 15) is 14.9 Å². The second-order valence-electron chi connectivity index (χ2n) is 5.13. The molecule has 0 saturated heterocycles. The molecule has 0 fully saturated rings. The van der Waals surface area contributed by atoms with E-state index in [1.54, 1.807) is 26.0 Å². The molecule has 0 aliphatic heterocycles. The van der Waals surface area contributed by atoms with E-state index in [4.69, 9.17) is 21.1 Å². The van der Waals surface area contributed by atoms with Crippen molar-refractivity contribution in [2.75, 3.05) is 19.0 Å². The molecule has 132 valence electrons. The molecule has 0 heterocycles. The highest BCUT2D eigenvalue weighted by molar-refractivity contribution is 6.31. The fourth-order valence-corrected chi connectivity index (χ4v) is 2.36. The number of nitro groups is 1. The van der Waals surface area contributed by atoms with E-state index in [-0.39, 0.29) is 23.6 Å². The first-order chi connectivity index (χ1) is 11.9. The molecule has 0 atom stereocenters. The maximum atomic E-state index is 12.5. The molecule has 0 aliphatic carbocycles. The maximum Gasteiger partial charge on any atom is 0.311 e. The molecule has 2 rings (SSSR count). The zero-order valence-corrected chi connectivity index (χ0v) is 14.7. The van der Waals surface area contributed by atoms with Gasteiger partial charge < -0.3 is 14.8 Å². The lowest BCUT2D eigenvalue weighted by Gasteiger charge is -2.12. The van der Waals surface area contributed by atoms with Gasteiger partial charge in [0, 0.05) is 22.7 Å². The van der Waals surface area contributed by atoms with Crippen molar-refractivity contribution in [3.05, 3.63) is 56.6 Å². The molecule has 25 heavy (non-hydrogen) atoms. The fraction of sp³-hybridized carbons (Fsp3) is 0.235. The Kier molecular flexibility index (Phi) is 5.82. The van der Waals surface area contributed by atoms with E-state index in [1.165, 1.54) is 25.3 Å². The number of carbonyl (C=O) groups excluding carboxylic acids is 1. The number of carbonyl (C=O) groups is 1. The number of halogens is 1. The highest BCUT2D eigenvalue weighted by atomic mass is 35.5. The lowest BCUT2D eigenvalue weighted by Crippen LogP contribution is -2.13. The number of methoxy groups -OCH3 is 1. The van der Waals surface area contributed by atoms with Crippen LogP contribution < -0.4 is 14.8 Å². The minimum Gasteiger partial charge on any atom is -0.495 e. The van der Waals surface area contributed by atoms with Crippen molar-refractivity contribution in [3.63, 3.8) is 0 Å². The summed E-state index contributed by atoms with van der Waals surface area (Å²) in [6.07, 6.45) is 0. The second-order valence-corrected chi connectivity index (χ2v) is 5.54. The summed E-state index contributed by atoms with van der Waals surface area (Å²) in [5.41, 5.74) is 1.04. The molecule has 7 nitrogen and oxygen atoms in total. The summed E-state index contributed by atoms with van der Waals surface area (Å²) < 4.78 is 10.4. The Balaban J connectivity index is 2.34. The topological polar surface area (TPSA) is 90.7 Å². The number of hydrogen-bond acceptors (Lipinski definition) is 5. The van der Waals surface area contributed by atoms with Crippen LogP contribution in [-0.2, 0) is 0 Å². The van der Waals surface area contributed by atoms with Crippen LogP contribution in [0.15, 0.2) is 30.3 Å². The minimum atomic E-state index is -0.588. The molecule has 2 aromatic rings. The molecule has 8 heteroatoms. The molecule has 0 bridgehead atoms. The predicted octanol–water partition coefficient (Wildman–Crippen LogP) is 4.22. The van der Waals surface area contributed by atoms with E-state index in [0.29, 0.717) is 16.5 Å². The largest absolute Gasteiger partial charge is 0.495 e. The van der Waals surface area contributed by atoms with Crippen molar-refractivity contribution in [1.29, 1.82) is 0 Å². The second kappa shape index (κ2) is 7.85. The Hall–Kier alpha value is -2.80. The van der Waals surface area contributed by atoms with Gasteiger partial charge in [0.1, 0.15) is 5.75 Å². The Labute approximate surface area is 149 Å². The minimum absolute atomic E-state index is 0.115. The van der Waals surface area contributed by atoms with Crippen LogP contribution in [0, 0.1) is 17.0 Å². The number of nitro benzene ring substituents is 1. The van der Waals surface area contributed by atoms with Crippen molar-refractivity contribution >= 4 is 28.9 Å². The van der Waals surface area contributed by atoms with Gasteiger partial charge in [0.25, 0.3) is 5.91 Å². The first-order valence-electron chi connectivity index (χ1n) is 7.44. The van der Waals surface area contributed by atoms with Crippen molar-refractivity contribution in [2.24, 2.45) is 0 Å². The Morgan fingerprint density at radius 3 is 2.60 bits per heavy atom. The van der Waals surface area contributed by atoms with Gasteiger partial charge in [0.05, 0.1) is 24.3 Å². The third kappa shape index (κ3) is 4.19. The molecule has 0 spiro atoms. The van der Waals surface area contributed by atoms with Crippen LogP contribution in [0.1, 0.15) is 22.8 Å². The van der Waals surface area contributed by atoms with Gasteiger partial charge in [-0.1, -0.05) is 11.6 Å². The third-order valence-electron chi connectivity index (χ3n) is 3.45. The number of hydrogen-bond donors (Lipinski definition) is 1. The molecule has 0 radical (unpaired) electrons. The van der Waals surface area contributed by atoms with E-state index in [0.717, 1.165) is 5.56 Å². The molecular weight excluding hydrogens is 348 g/mol. The molecule has 0 aromatic heterocycles. The summed E-state index contributed by atoms with van der Waals surface area (Å²) in [7, 11) is 1.46. The quantitative estimate of drug-likeness (QED) is 0.612. The number of ether oxygens (including phenoxy) is 2. The van der Waals surface area contributed by atoms with Crippen LogP contribution in [-0.4, -0.2) is 24.5 Å². The molecule has 2 aromatic carbocycles. The number of aryl methyl sites for hydroxylation is 1. The van der Waals surface area contributed by atoms with Crippen LogP contribution in [0.5, 0.6) is 11.5 Å². The van der Waals surface area contributed by atoms with Crippen molar-refractivity contribution in [2.45, 2.75) is 13.8 Å². The maximum absolute atomic E-state index is 12.5. The summed E-state index contributed by atoms with van der Waals surface area (Å²) in [6.45, 7) is 3.80. The summed E-state index contributed by atoms with van der Waals surface area (Å²) in [6, 6.07) is 7.30. The lowest BCUT2D eigenvalue weighted by molar-refractivity contribution is -0.385. The van der Waals surface area contributed by atoms with Gasteiger partial charge >= 0.3 is 5.69 Å². The molecule has 0 saturated carbocycles. The average molecular weight is 365 g/mol. The van der Waals surface area contributed by atoms with Crippen LogP contribution in [0.25, 0.3) is 0 Å². The standard InChI is InChI=1S/C17H17ClN2O5/c1-4-25-15-6-5-11(8-14(15)20(22)23)17(21)19-13-7-10(2)12(18)9-16(13)24-3/h5-9H,4H2,1-3H3,(H,19,21). The Bertz CT molecular complexity index is 823. The van der Waals surface area contributed by atoms with Crippen molar-refractivity contribution in [1.82, 2.24) is 0 Å². The lowest BCUT2D eigenvalue weighted by atomic mass is 10.1. The molecule has 0 unspecified atom stereocenters. The van der Waals surface area contributed by atoms with Gasteiger partial charge in [-0.25, -0.2) is 0 Å². The van der Waals surface area contributed by atoms with Crippen molar-refractivity contribution in [3.8, 4) is 11.5 Å². The van der Waals surface area contributed by atoms with E-state index in [2.05, 4.69) is 5.32 Å². The SMILES string of the molecule is CCOc1ccc(C(=O)Nc2cc(C)c(Cl)cc2OC)cc1[N+](=O)[O-]. The highest BCUT2D eigenvalue weighted by Crippen LogP contribution is 2.32. The first-order valence-corrected chi connectivity index (χ1v) is 7.81. The summed E-state index contributed by atoms with van der Waals surface area (Å²) >= 11 is 6.04. The Morgan fingerprint density at radius 1 is 1.28 bits per heavy atom. The smallest absolute Gasteiger partial charge is 0.311 e. The number of benzene rings is 2. The van der Waals surface area contributed by atoms with E-state index < -0.39 is 10.8 Å². The van der Waals surface area contributed by atoms with Crippen molar-refractivity contribution < 1.29 is 19.2 Å². The molecule has 1 N–H and O–H groups in total. The van der Waals surface area contributed by atoms with Gasteiger partial charge in [-0.3, -0.25) is 14.9 Å². The summed E-state index contributed by atoms with van der Waals surface area (Å²) in [4.78, 5) is 23.0. The zero-order chi connectivity index (χ0) is 18.6. The molecule has 1 amide bonds. The zero-order valence-electron chi connectivity index (χ0n) is 14.0. The van der Waals surface area contributed by atoms with Gasteiger partial charge in [0.15, 0.2) is 5.75 Å². The van der Waals surface area contributed by atoms with Gasteiger partial charge in [-0.15, -0.1) is 0 Å². The number of anilines is 1. The van der Waals surface area contributed by atoms with Gasteiger partial charge in [-0.2, -0.15) is 0 Å². The van der Waals surface area contributed by atoms with Crippen LogP contribution in [0.4, 0.5) is 11.4 Å². The van der Waals surface area contributed by atoms with Gasteiger partial charge in [-0.05, 0) is 37.6 Å². The monoisotopic (exact) mass is 364 g/mol. The van der Waals surface area contributed by atoms with E-state index in [1.807, 2.05) is 0 Å². The first kappa shape index (κ1) is 18.5. The highest BCUT2D eigenvalue weighted by Gasteiger charge is 2.19. The number of amides is 1. The number of nitrogens with zero attached hydrogens (tertiary/aromatic N) is 1. The fourth-order valence-electron chi connectivity index (χ4n) is 2.20. The normalized spacial score (nSPS) is 10.2. The number of rotatable bonds is 6. The predicted molar refractivity (Wildman–Crippen MR) is 95.0 cm³/mol. The van der Waals surface area contributed by atoms with Crippen LogP contribution in [0.2, 0.25) is 5.02 Å². The molecule has 0 aliphatic rings. The Morgan fingerprint density at radius 2 is 2.00 bits per heavy atom. The molecular formula is C17H17ClN2O5. The van der Waals surface area contributed by atoms with E-state index >= 15 is 0 Å². The third-order valence-corrected chi connectivity index (χ3v) is 3.85. The van der Waals surface area contributed by atoms with Gasteiger partial charge in [0.2, 0.25) is 0 Å². The number of nitrogens with one attached hydrogen (secondary N) is 1.